The van der Waals surface area contributed by atoms with E-state index in [2.05, 4.69) is 6.42 Å². The molecular formula is C10H18NO. The van der Waals surface area contributed by atoms with Crippen molar-refractivity contribution in [3.05, 3.63) is 6.42 Å². The molecule has 69 valence electrons. The maximum atomic E-state index is 11.5. The van der Waals surface area contributed by atoms with Gasteiger partial charge in [0.05, 0.1) is 0 Å². The molecule has 1 fully saturated rings. The first kappa shape index (κ1) is 9.56. The van der Waals surface area contributed by atoms with Crippen molar-refractivity contribution in [1.29, 1.82) is 0 Å². The Bertz CT molecular complexity index is 146. The molecule has 2 nitrogen and oxygen atoms in total. The van der Waals surface area contributed by atoms with E-state index in [4.69, 9.17) is 0 Å². The van der Waals surface area contributed by atoms with Crippen molar-refractivity contribution in [1.82, 2.24) is 4.90 Å². The van der Waals surface area contributed by atoms with Crippen molar-refractivity contribution in [2.24, 2.45) is 5.92 Å². The Kier molecular flexibility index (Phi) is 3.57. The Balaban J connectivity index is 2.43. The molecule has 0 heterocycles. The molecule has 1 rings (SSSR count). The second kappa shape index (κ2) is 4.48. The summed E-state index contributed by atoms with van der Waals surface area (Å²) in [5, 5.41) is 0. The minimum Gasteiger partial charge on any atom is -0.349 e. The van der Waals surface area contributed by atoms with Crippen LogP contribution in [0.5, 0.6) is 0 Å². The van der Waals surface area contributed by atoms with Gasteiger partial charge < -0.3 is 4.90 Å². The van der Waals surface area contributed by atoms with Crippen LogP contribution in [0.4, 0.5) is 0 Å². The molecule has 0 bridgehead atoms. The minimum atomic E-state index is 0.197. The third kappa shape index (κ3) is 2.50. The Morgan fingerprint density at radius 3 is 2.75 bits per heavy atom. The number of carbonyl (C=O) groups is 1. The van der Waals surface area contributed by atoms with Crippen LogP contribution in [0, 0.1) is 12.3 Å². The van der Waals surface area contributed by atoms with Crippen LogP contribution in [0.15, 0.2) is 0 Å². The van der Waals surface area contributed by atoms with E-state index < -0.39 is 0 Å². The zero-order valence-corrected chi connectivity index (χ0v) is 8.05. The van der Waals surface area contributed by atoms with Gasteiger partial charge in [-0.05, 0) is 19.3 Å². The normalized spacial score (nSPS) is 20.2. The maximum absolute atomic E-state index is 11.5. The highest BCUT2D eigenvalue weighted by molar-refractivity contribution is 5.79. The van der Waals surface area contributed by atoms with Gasteiger partial charge in [-0.25, -0.2) is 0 Å². The summed E-state index contributed by atoms with van der Waals surface area (Å²) >= 11 is 0. The highest BCUT2D eigenvalue weighted by Gasteiger charge is 2.21. The van der Waals surface area contributed by atoms with Gasteiger partial charge in [0.15, 0.2) is 0 Å². The van der Waals surface area contributed by atoms with E-state index in [-0.39, 0.29) is 11.8 Å². The summed E-state index contributed by atoms with van der Waals surface area (Å²) in [7, 11) is 3.67. The van der Waals surface area contributed by atoms with Crippen LogP contribution >= 0.6 is 0 Å². The van der Waals surface area contributed by atoms with Gasteiger partial charge in [-0.3, -0.25) is 4.79 Å². The summed E-state index contributed by atoms with van der Waals surface area (Å²) in [5.41, 5.74) is 0. The molecule has 0 N–H and O–H groups in total. The van der Waals surface area contributed by atoms with Crippen molar-refractivity contribution in [2.75, 3.05) is 14.1 Å². The SMILES string of the molecule is CN(C)C(=O)C1[CH]CCCCC1. The zero-order valence-electron chi connectivity index (χ0n) is 8.05. The Morgan fingerprint density at radius 2 is 2.08 bits per heavy atom. The van der Waals surface area contributed by atoms with Crippen molar-refractivity contribution in [2.45, 2.75) is 32.1 Å². The fraction of sp³-hybridized carbons (Fsp3) is 0.800. The smallest absolute Gasteiger partial charge is 0.225 e. The highest BCUT2D eigenvalue weighted by Crippen LogP contribution is 2.22. The summed E-state index contributed by atoms with van der Waals surface area (Å²) in [4.78, 5) is 13.2. The molecule has 1 unspecified atom stereocenters. The number of nitrogens with zero attached hydrogens (tertiary/aromatic N) is 1. The van der Waals surface area contributed by atoms with E-state index in [1.807, 2.05) is 14.1 Å². The van der Waals surface area contributed by atoms with Crippen LogP contribution in [-0.2, 0) is 4.79 Å². The molecule has 1 saturated carbocycles. The second-order valence-corrected chi connectivity index (χ2v) is 3.71. The molecule has 12 heavy (non-hydrogen) atoms. The number of rotatable bonds is 1. The van der Waals surface area contributed by atoms with Gasteiger partial charge in [0.25, 0.3) is 0 Å². The van der Waals surface area contributed by atoms with Crippen molar-refractivity contribution in [3.63, 3.8) is 0 Å². The van der Waals surface area contributed by atoms with E-state index >= 15 is 0 Å². The van der Waals surface area contributed by atoms with Gasteiger partial charge >= 0.3 is 0 Å². The first-order valence-electron chi connectivity index (χ1n) is 4.76. The molecule has 0 aromatic heterocycles. The summed E-state index contributed by atoms with van der Waals surface area (Å²) < 4.78 is 0. The van der Waals surface area contributed by atoms with Crippen LogP contribution in [0.1, 0.15) is 32.1 Å². The highest BCUT2D eigenvalue weighted by atomic mass is 16.2. The molecule has 0 saturated heterocycles. The Hall–Kier alpha value is -0.530. The molecule has 0 aromatic rings. The molecule has 1 radical (unpaired) electrons. The van der Waals surface area contributed by atoms with Gasteiger partial charge in [0, 0.05) is 20.0 Å². The first-order valence-corrected chi connectivity index (χ1v) is 4.76. The largest absolute Gasteiger partial charge is 0.349 e. The fourth-order valence-corrected chi connectivity index (χ4v) is 1.68. The van der Waals surface area contributed by atoms with Crippen LogP contribution in [0.3, 0.4) is 0 Å². The monoisotopic (exact) mass is 168 g/mol. The topological polar surface area (TPSA) is 20.3 Å². The Labute approximate surface area is 74.9 Å². The molecule has 0 aliphatic heterocycles. The molecule has 1 aliphatic rings. The predicted octanol–water partition coefficient (Wildman–Crippen LogP) is 1.86. The van der Waals surface area contributed by atoms with Crippen molar-refractivity contribution >= 4 is 5.91 Å². The van der Waals surface area contributed by atoms with Gasteiger partial charge in [0.2, 0.25) is 5.91 Å². The van der Waals surface area contributed by atoms with E-state index in [1.165, 1.54) is 19.3 Å². The number of amides is 1. The average Bonchev–Trinajstić information content (AvgIpc) is 2.30. The standard InChI is InChI=1S/C10H18NO/c1-11(2)10(12)9-7-5-3-4-6-8-9/h7,9H,3-6,8H2,1-2H3. The summed E-state index contributed by atoms with van der Waals surface area (Å²) in [6.45, 7) is 0. The lowest BCUT2D eigenvalue weighted by molar-refractivity contribution is -0.132. The first-order chi connectivity index (χ1) is 5.72. The van der Waals surface area contributed by atoms with Crippen LogP contribution < -0.4 is 0 Å². The lowest BCUT2D eigenvalue weighted by Crippen LogP contribution is -2.29. The predicted molar refractivity (Wildman–Crippen MR) is 49.6 cm³/mol. The minimum absolute atomic E-state index is 0.197. The lowest BCUT2D eigenvalue weighted by atomic mass is 9.99. The van der Waals surface area contributed by atoms with E-state index in [1.54, 1.807) is 4.90 Å². The van der Waals surface area contributed by atoms with E-state index in [9.17, 15) is 4.79 Å². The summed E-state index contributed by atoms with van der Waals surface area (Å²) in [6.07, 6.45) is 8.11. The van der Waals surface area contributed by atoms with E-state index in [0.29, 0.717) is 0 Å². The molecule has 2 heteroatoms. The fourth-order valence-electron chi connectivity index (χ4n) is 1.68. The molecular weight excluding hydrogens is 150 g/mol. The van der Waals surface area contributed by atoms with Gasteiger partial charge in [-0.1, -0.05) is 19.3 Å². The summed E-state index contributed by atoms with van der Waals surface area (Å²) in [6, 6.07) is 0. The zero-order chi connectivity index (χ0) is 8.97. The van der Waals surface area contributed by atoms with Crippen LogP contribution in [0.2, 0.25) is 0 Å². The molecule has 1 amide bonds. The number of carbonyl (C=O) groups excluding carboxylic acids is 1. The molecule has 1 atom stereocenters. The van der Waals surface area contributed by atoms with Gasteiger partial charge in [-0.2, -0.15) is 0 Å². The quantitative estimate of drug-likeness (QED) is 0.547. The van der Waals surface area contributed by atoms with E-state index in [0.717, 1.165) is 12.8 Å². The average molecular weight is 168 g/mol. The lowest BCUT2D eigenvalue weighted by Gasteiger charge is -2.18. The van der Waals surface area contributed by atoms with Gasteiger partial charge in [0.1, 0.15) is 0 Å². The second-order valence-electron chi connectivity index (χ2n) is 3.71. The van der Waals surface area contributed by atoms with Crippen molar-refractivity contribution in [3.8, 4) is 0 Å². The number of hydrogen-bond donors (Lipinski definition) is 0. The number of hydrogen-bond acceptors (Lipinski definition) is 1. The molecule has 1 aliphatic carbocycles. The maximum Gasteiger partial charge on any atom is 0.225 e. The van der Waals surface area contributed by atoms with Crippen LogP contribution in [-0.4, -0.2) is 24.9 Å². The molecule has 0 spiro atoms. The molecule has 0 aromatic carbocycles. The van der Waals surface area contributed by atoms with Gasteiger partial charge in [-0.15, -0.1) is 0 Å². The third-order valence-corrected chi connectivity index (χ3v) is 2.43. The van der Waals surface area contributed by atoms with Crippen LogP contribution in [0.25, 0.3) is 0 Å². The summed E-state index contributed by atoms with van der Waals surface area (Å²) in [5.74, 6) is 0.472. The Morgan fingerprint density at radius 1 is 1.33 bits per heavy atom. The van der Waals surface area contributed by atoms with Crippen molar-refractivity contribution < 1.29 is 4.79 Å². The third-order valence-electron chi connectivity index (χ3n) is 2.43.